The van der Waals surface area contributed by atoms with Gasteiger partial charge in [-0.1, -0.05) is 43.4 Å². The molecule has 0 saturated heterocycles. The van der Waals surface area contributed by atoms with Gasteiger partial charge in [0.2, 0.25) is 5.91 Å². The van der Waals surface area contributed by atoms with Crippen LogP contribution in [0.3, 0.4) is 0 Å². The fourth-order valence-electron chi connectivity index (χ4n) is 4.51. The zero-order valence-electron chi connectivity index (χ0n) is 19.1. The third-order valence-electron chi connectivity index (χ3n) is 6.27. The molecule has 4 rings (SSSR count). The van der Waals surface area contributed by atoms with Crippen LogP contribution in [0.2, 0.25) is 0 Å². The summed E-state index contributed by atoms with van der Waals surface area (Å²) in [6.45, 7) is 5.73. The first-order valence-corrected chi connectivity index (χ1v) is 11.3. The topological polar surface area (TPSA) is 106 Å². The Hall–Kier alpha value is -3.68. The van der Waals surface area contributed by atoms with E-state index in [-0.39, 0.29) is 25.5 Å². The van der Waals surface area contributed by atoms with E-state index in [0.717, 1.165) is 16.5 Å². The summed E-state index contributed by atoms with van der Waals surface area (Å²) in [5, 5.41) is 24.6. The standard InChI is InChI=1S/C27H29N3O4/c1-3-13-30-24-12-11-20(16-22(24)27(34,26(30)33)18(2)8-6-7-14-31)29-25(32)15-19-17-28-23-10-5-4-9-21(19)23/h3-6,8-12,16-18,28,31,34H,1,7,13-15H2,2H3,(H,29,32)/b8-6+/t18-,27+/m0/s1. The molecule has 7 nitrogen and oxygen atoms in total. The first-order chi connectivity index (χ1) is 16.4. The van der Waals surface area contributed by atoms with Gasteiger partial charge in [-0.2, -0.15) is 0 Å². The zero-order valence-corrected chi connectivity index (χ0v) is 19.1. The van der Waals surface area contributed by atoms with E-state index in [1.807, 2.05) is 30.5 Å². The van der Waals surface area contributed by atoms with Gasteiger partial charge in [-0.05, 0) is 36.2 Å². The second kappa shape index (κ2) is 9.67. The van der Waals surface area contributed by atoms with Gasteiger partial charge < -0.3 is 25.4 Å². The van der Waals surface area contributed by atoms with E-state index in [0.29, 0.717) is 23.4 Å². The number of aromatic nitrogens is 1. The largest absolute Gasteiger partial charge is 0.396 e. The normalized spacial score (nSPS) is 18.4. The Morgan fingerprint density at radius 1 is 1.29 bits per heavy atom. The summed E-state index contributed by atoms with van der Waals surface area (Å²) in [6, 6.07) is 12.9. The minimum absolute atomic E-state index is 0.0125. The molecular formula is C27H29N3O4. The van der Waals surface area contributed by atoms with Crippen LogP contribution in [-0.2, 0) is 21.6 Å². The Labute approximate surface area is 198 Å². The van der Waals surface area contributed by atoms with Crippen LogP contribution in [0.5, 0.6) is 0 Å². The van der Waals surface area contributed by atoms with E-state index in [1.54, 1.807) is 43.4 Å². The average molecular weight is 460 g/mol. The van der Waals surface area contributed by atoms with E-state index in [2.05, 4.69) is 16.9 Å². The number of H-pyrrole nitrogens is 1. The van der Waals surface area contributed by atoms with Gasteiger partial charge in [-0.25, -0.2) is 0 Å². The van der Waals surface area contributed by atoms with Gasteiger partial charge in [0.15, 0.2) is 5.60 Å². The molecule has 34 heavy (non-hydrogen) atoms. The molecule has 0 unspecified atom stereocenters. The van der Waals surface area contributed by atoms with Crippen molar-refractivity contribution in [1.82, 2.24) is 4.98 Å². The van der Waals surface area contributed by atoms with Crippen molar-refractivity contribution >= 4 is 34.1 Å². The predicted octanol–water partition coefficient (Wildman–Crippen LogP) is 3.64. The van der Waals surface area contributed by atoms with Crippen molar-refractivity contribution in [2.24, 2.45) is 5.92 Å². The minimum atomic E-state index is -1.79. The maximum absolute atomic E-state index is 13.3. The summed E-state index contributed by atoms with van der Waals surface area (Å²) in [5.74, 6) is -1.18. The molecule has 2 heterocycles. The molecule has 2 amide bonds. The van der Waals surface area contributed by atoms with Crippen LogP contribution in [-0.4, -0.2) is 40.2 Å². The number of hydrogen-bond acceptors (Lipinski definition) is 4. The molecule has 0 saturated carbocycles. The van der Waals surface area contributed by atoms with Crippen molar-refractivity contribution in [3.63, 3.8) is 0 Å². The highest BCUT2D eigenvalue weighted by Crippen LogP contribution is 2.46. The second-order valence-electron chi connectivity index (χ2n) is 8.52. The fourth-order valence-corrected chi connectivity index (χ4v) is 4.51. The number of aliphatic hydroxyl groups is 2. The lowest BCUT2D eigenvalue weighted by molar-refractivity contribution is -0.139. The summed E-state index contributed by atoms with van der Waals surface area (Å²) in [6.07, 6.45) is 7.54. The van der Waals surface area contributed by atoms with E-state index in [1.165, 1.54) is 4.90 Å². The minimum Gasteiger partial charge on any atom is -0.396 e. The van der Waals surface area contributed by atoms with Gasteiger partial charge in [0.05, 0.1) is 12.1 Å². The molecular weight excluding hydrogens is 430 g/mol. The molecule has 1 aliphatic heterocycles. The number of benzene rings is 2. The highest BCUT2D eigenvalue weighted by Gasteiger charge is 2.52. The summed E-state index contributed by atoms with van der Waals surface area (Å²) in [5.41, 5.74) is 1.59. The first kappa shape index (κ1) is 23.5. The lowest BCUT2D eigenvalue weighted by atomic mass is 9.82. The Kier molecular flexibility index (Phi) is 6.68. The van der Waals surface area contributed by atoms with Gasteiger partial charge in [-0.15, -0.1) is 6.58 Å². The smallest absolute Gasteiger partial charge is 0.264 e. The van der Waals surface area contributed by atoms with Crippen LogP contribution in [0.25, 0.3) is 10.9 Å². The molecule has 1 aromatic heterocycles. The molecule has 2 atom stereocenters. The Bertz CT molecular complexity index is 1260. The summed E-state index contributed by atoms with van der Waals surface area (Å²) in [7, 11) is 0. The summed E-state index contributed by atoms with van der Waals surface area (Å²) in [4.78, 5) is 30.8. The number of fused-ring (bicyclic) bond motifs is 2. The van der Waals surface area contributed by atoms with Crippen molar-refractivity contribution < 1.29 is 19.8 Å². The summed E-state index contributed by atoms with van der Waals surface area (Å²) >= 11 is 0. The molecule has 0 bridgehead atoms. The summed E-state index contributed by atoms with van der Waals surface area (Å²) < 4.78 is 0. The number of carbonyl (C=O) groups is 2. The van der Waals surface area contributed by atoms with Crippen LogP contribution in [0.4, 0.5) is 11.4 Å². The van der Waals surface area contributed by atoms with Gasteiger partial charge in [-0.3, -0.25) is 9.59 Å². The average Bonchev–Trinajstić information content (AvgIpc) is 3.32. The fraction of sp³-hybridized carbons (Fsp3) is 0.259. The molecule has 2 aromatic carbocycles. The Morgan fingerprint density at radius 3 is 2.85 bits per heavy atom. The van der Waals surface area contributed by atoms with Gasteiger partial charge >= 0.3 is 0 Å². The van der Waals surface area contributed by atoms with Gasteiger partial charge in [0, 0.05) is 47.4 Å². The van der Waals surface area contributed by atoms with Crippen LogP contribution in [0.1, 0.15) is 24.5 Å². The lowest BCUT2D eigenvalue weighted by Crippen LogP contribution is -2.44. The highest BCUT2D eigenvalue weighted by atomic mass is 16.3. The highest BCUT2D eigenvalue weighted by molar-refractivity contribution is 6.08. The predicted molar refractivity (Wildman–Crippen MR) is 134 cm³/mol. The Balaban J connectivity index is 1.61. The van der Waals surface area contributed by atoms with Gasteiger partial charge in [0.1, 0.15) is 0 Å². The number of para-hydroxylation sites is 1. The van der Waals surface area contributed by atoms with Crippen molar-refractivity contribution in [1.29, 1.82) is 0 Å². The third-order valence-corrected chi connectivity index (χ3v) is 6.27. The number of nitrogens with one attached hydrogen (secondary N) is 2. The number of carbonyl (C=O) groups excluding carboxylic acids is 2. The van der Waals surface area contributed by atoms with Crippen LogP contribution < -0.4 is 10.2 Å². The number of anilines is 2. The number of aromatic amines is 1. The molecule has 0 radical (unpaired) electrons. The molecule has 176 valence electrons. The van der Waals surface area contributed by atoms with Crippen molar-refractivity contribution in [2.45, 2.75) is 25.4 Å². The lowest BCUT2D eigenvalue weighted by Gasteiger charge is -2.27. The number of hydrogen-bond donors (Lipinski definition) is 4. The SMILES string of the molecule is C=CCN1C(=O)[C@@](O)([C@@H](C)/C=C/CCO)c2cc(NC(=O)Cc3c[nH]c4ccccc34)ccc21. The zero-order chi connectivity index (χ0) is 24.3. The van der Waals surface area contributed by atoms with E-state index in [4.69, 9.17) is 5.11 Å². The second-order valence-corrected chi connectivity index (χ2v) is 8.52. The van der Waals surface area contributed by atoms with Gasteiger partial charge in [0.25, 0.3) is 5.91 Å². The number of aliphatic hydroxyl groups excluding tert-OH is 1. The molecule has 0 spiro atoms. The molecule has 3 aromatic rings. The maximum Gasteiger partial charge on any atom is 0.264 e. The molecule has 1 aliphatic rings. The van der Waals surface area contributed by atoms with Crippen LogP contribution in [0.15, 0.2) is 73.5 Å². The Morgan fingerprint density at radius 2 is 2.09 bits per heavy atom. The molecule has 0 aliphatic carbocycles. The van der Waals surface area contributed by atoms with E-state index < -0.39 is 17.4 Å². The van der Waals surface area contributed by atoms with E-state index in [9.17, 15) is 14.7 Å². The molecule has 7 heteroatoms. The van der Waals surface area contributed by atoms with Crippen molar-refractivity contribution in [3.8, 4) is 0 Å². The quantitative estimate of drug-likeness (QED) is 0.367. The molecule has 4 N–H and O–H groups in total. The maximum atomic E-state index is 13.3. The number of amides is 2. The van der Waals surface area contributed by atoms with Crippen LogP contribution in [0, 0.1) is 5.92 Å². The monoisotopic (exact) mass is 459 g/mol. The first-order valence-electron chi connectivity index (χ1n) is 11.3. The van der Waals surface area contributed by atoms with Crippen molar-refractivity contribution in [2.75, 3.05) is 23.4 Å². The van der Waals surface area contributed by atoms with Crippen LogP contribution >= 0.6 is 0 Å². The number of rotatable bonds is 9. The van der Waals surface area contributed by atoms with Crippen molar-refractivity contribution in [3.05, 3.63) is 84.6 Å². The van der Waals surface area contributed by atoms with E-state index >= 15 is 0 Å². The number of nitrogens with zero attached hydrogens (tertiary/aromatic N) is 1. The third kappa shape index (κ3) is 4.16. The molecule has 0 fully saturated rings.